The zero-order valence-electron chi connectivity index (χ0n) is 8.47. The SMILES string of the molecule is CCC(C#N)NCC1(C)CCCO1. The predicted octanol–water partition coefficient (Wildman–Crippen LogP) is 1.45. The number of hydrogen-bond donors (Lipinski definition) is 1. The first-order valence-corrected chi connectivity index (χ1v) is 4.97. The van der Waals surface area contributed by atoms with E-state index in [-0.39, 0.29) is 11.6 Å². The van der Waals surface area contributed by atoms with Gasteiger partial charge in [0.2, 0.25) is 0 Å². The van der Waals surface area contributed by atoms with E-state index >= 15 is 0 Å². The van der Waals surface area contributed by atoms with E-state index in [9.17, 15) is 0 Å². The maximum atomic E-state index is 8.73. The monoisotopic (exact) mass is 182 g/mol. The molecule has 1 N–H and O–H groups in total. The fourth-order valence-electron chi connectivity index (χ4n) is 1.60. The predicted molar refractivity (Wildman–Crippen MR) is 51.3 cm³/mol. The van der Waals surface area contributed by atoms with Crippen molar-refractivity contribution in [3.05, 3.63) is 0 Å². The molecule has 0 aliphatic carbocycles. The summed E-state index contributed by atoms with van der Waals surface area (Å²) in [6.45, 7) is 5.77. The van der Waals surface area contributed by atoms with Gasteiger partial charge in [0, 0.05) is 13.2 Å². The summed E-state index contributed by atoms with van der Waals surface area (Å²) < 4.78 is 5.61. The first-order valence-electron chi connectivity index (χ1n) is 4.97. The van der Waals surface area contributed by atoms with Crippen LogP contribution in [0.3, 0.4) is 0 Å². The molecule has 3 nitrogen and oxygen atoms in total. The molecule has 1 saturated heterocycles. The molecule has 0 spiro atoms. The molecule has 1 fully saturated rings. The number of nitriles is 1. The number of nitrogens with zero attached hydrogens (tertiary/aromatic N) is 1. The van der Waals surface area contributed by atoms with E-state index in [0.717, 1.165) is 32.4 Å². The van der Waals surface area contributed by atoms with Crippen molar-refractivity contribution in [2.45, 2.75) is 44.8 Å². The number of rotatable bonds is 4. The lowest BCUT2D eigenvalue weighted by Gasteiger charge is -2.24. The van der Waals surface area contributed by atoms with E-state index in [1.165, 1.54) is 0 Å². The van der Waals surface area contributed by atoms with Crippen LogP contribution in [0.4, 0.5) is 0 Å². The topological polar surface area (TPSA) is 45.0 Å². The number of hydrogen-bond acceptors (Lipinski definition) is 3. The second kappa shape index (κ2) is 4.59. The Morgan fingerprint density at radius 2 is 2.46 bits per heavy atom. The third-order valence-corrected chi connectivity index (χ3v) is 2.59. The summed E-state index contributed by atoms with van der Waals surface area (Å²) >= 11 is 0. The maximum absolute atomic E-state index is 8.73. The van der Waals surface area contributed by atoms with Crippen molar-refractivity contribution in [1.82, 2.24) is 5.32 Å². The van der Waals surface area contributed by atoms with Crippen LogP contribution < -0.4 is 5.32 Å². The standard InChI is InChI=1S/C10H18N2O/c1-3-9(7-11)12-8-10(2)5-4-6-13-10/h9,12H,3-6,8H2,1-2H3. The van der Waals surface area contributed by atoms with E-state index in [2.05, 4.69) is 18.3 Å². The summed E-state index contributed by atoms with van der Waals surface area (Å²) in [5.41, 5.74) is -0.0374. The molecule has 0 aromatic carbocycles. The van der Waals surface area contributed by atoms with Crippen molar-refractivity contribution < 1.29 is 4.74 Å². The Labute approximate surface area is 80.1 Å². The molecular formula is C10H18N2O. The van der Waals surface area contributed by atoms with E-state index < -0.39 is 0 Å². The molecule has 1 aliphatic rings. The quantitative estimate of drug-likeness (QED) is 0.715. The van der Waals surface area contributed by atoms with Crippen molar-refractivity contribution in [3.8, 4) is 6.07 Å². The minimum Gasteiger partial charge on any atom is -0.374 e. The molecule has 74 valence electrons. The van der Waals surface area contributed by atoms with Gasteiger partial charge in [0.05, 0.1) is 17.7 Å². The third kappa shape index (κ3) is 2.98. The van der Waals surface area contributed by atoms with Crippen LogP contribution in [-0.4, -0.2) is 24.8 Å². The van der Waals surface area contributed by atoms with Gasteiger partial charge in [-0.05, 0) is 26.2 Å². The van der Waals surface area contributed by atoms with Gasteiger partial charge in [0.25, 0.3) is 0 Å². The van der Waals surface area contributed by atoms with Crippen LogP contribution in [0.1, 0.15) is 33.1 Å². The van der Waals surface area contributed by atoms with Gasteiger partial charge in [0.1, 0.15) is 0 Å². The van der Waals surface area contributed by atoms with Crippen molar-refractivity contribution in [1.29, 1.82) is 5.26 Å². The average molecular weight is 182 g/mol. The Morgan fingerprint density at radius 3 is 2.92 bits per heavy atom. The summed E-state index contributed by atoms with van der Waals surface area (Å²) in [5, 5.41) is 11.9. The smallest absolute Gasteiger partial charge is 0.0951 e. The van der Waals surface area contributed by atoms with Crippen molar-refractivity contribution in [2.24, 2.45) is 0 Å². The summed E-state index contributed by atoms with van der Waals surface area (Å²) in [6, 6.07) is 2.20. The lowest BCUT2D eigenvalue weighted by atomic mass is 10.0. The van der Waals surface area contributed by atoms with Crippen LogP contribution in [-0.2, 0) is 4.74 Å². The second-order valence-corrected chi connectivity index (χ2v) is 3.87. The van der Waals surface area contributed by atoms with E-state index in [1.807, 2.05) is 6.92 Å². The Morgan fingerprint density at radius 1 is 1.69 bits per heavy atom. The van der Waals surface area contributed by atoms with Crippen LogP contribution in [0.25, 0.3) is 0 Å². The highest BCUT2D eigenvalue weighted by Gasteiger charge is 2.29. The Kier molecular flexibility index (Phi) is 3.71. The first kappa shape index (κ1) is 10.5. The molecule has 0 radical (unpaired) electrons. The van der Waals surface area contributed by atoms with Crippen LogP contribution >= 0.6 is 0 Å². The lowest BCUT2D eigenvalue weighted by Crippen LogP contribution is -2.41. The maximum Gasteiger partial charge on any atom is 0.0951 e. The van der Waals surface area contributed by atoms with Crippen LogP contribution in [0.5, 0.6) is 0 Å². The molecule has 1 heterocycles. The van der Waals surface area contributed by atoms with Gasteiger partial charge in [-0.3, -0.25) is 5.32 Å². The number of nitrogens with one attached hydrogen (secondary N) is 1. The molecule has 0 bridgehead atoms. The average Bonchev–Trinajstić information content (AvgIpc) is 2.55. The van der Waals surface area contributed by atoms with Gasteiger partial charge in [-0.1, -0.05) is 6.92 Å². The van der Waals surface area contributed by atoms with E-state index in [0.29, 0.717) is 0 Å². The fraction of sp³-hybridized carbons (Fsp3) is 0.900. The fourth-order valence-corrected chi connectivity index (χ4v) is 1.60. The Balaban J connectivity index is 2.28. The first-order chi connectivity index (χ1) is 6.20. The minimum absolute atomic E-state index is 0.0268. The van der Waals surface area contributed by atoms with Crippen molar-refractivity contribution in [3.63, 3.8) is 0 Å². The summed E-state index contributed by atoms with van der Waals surface area (Å²) in [4.78, 5) is 0. The Hall–Kier alpha value is -0.590. The van der Waals surface area contributed by atoms with Crippen molar-refractivity contribution in [2.75, 3.05) is 13.2 Å². The highest BCUT2D eigenvalue weighted by atomic mass is 16.5. The van der Waals surface area contributed by atoms with E-state index in [1.54, 1.807) is 0 Å². The Bertz CT molecular complexity index is 192. The van der Waals surface area contributed by atoms with Gasteiger partial charge < -0.3 is 4.74 Å². The van der Waals surface area contributed by atoms with Gasteiger partial charge >= 0.3 is 0 Å². The van der Waals surface area contributed by atoms with Crippen LogP contribution in [0.2, 0.25) is 0 Å². The molecule has 2 unspecified atom stereocenters. The van der Waals surface area contributed by atoms with Crippen LogP contribution in [0.15, 0.2) is 0 Å². The van der Waals surface area contributed by atoms with Gasteiger partial charge in [-0.25, -0.2) is 0 Å². The van der Waals surface area contributed by atoms with Gasteiger partial charge in [0.15, 0.2) is 0 Å². The molecule has 13 heavy (non-hydrogen) atoms. The van der Waals surface area contributed by atoms with Gasteiger partial charge in [-0.2, -0.15) is 5.26 Å². The number of ether oxygens (including phenoxy) is 1. The molecule has 2 atom stereocenters. The highest BCUT2D eigenvalue weighted by Crippen LogP contribution is 2.23. The normalized spacial score (nSPS) is 29.9. The highest BCUT2D eigenvalue weighted by molar-refractivity contribution is 4.92. The zero-order chi connectivity index (χ0) is 9.73. The van der Waals surface area contributed by atoms with E-state index in [4.69, 9.17) is 10.00 Å². The summed E-state index contributed by atoms with van der Waals surface area (Å²) in [5.74, 6) is 0. The second-order valence-electron chi connectivity index (χ2n) is 3.87. The molecular weight excluding hydrogens is 164 g/mol. The lowest BCUT2D eigenvalue weighted by molar-refractivity contribution is 0.0198. The minimum atomic E-state index is -0.0374. The molecule has 0 amide bonds. The molecule has 0 aromatic heterocycles. The molecule has 0 aromatic rings. The third-order valence-electron chi connectivity index (χ3n) is 2.59. The molecule has 0 saturated carbocycles. The molecule has 1 aliphatic heterocycles. The summed E-state index contributed by atoms with van der Waals surface area (Å²) in [6.07, 6.45) is 3.09. The summed E-state index contributed by atoms with van der Waals surface area (Å²) in [7, 11) is 0. The molecule has 3 heteroatoms. The van der Waals surface area contributed by atoms with Crippen LogP contribution in [0, 0.1) is 11.3 Å². The zero-order valence-corrected chi connectivity index (χ0v) is 8.47. The molecule has 1 rings (SSSR count). The van der Waals surface area contributed by atoms with Crippen molar-refractivity contribution >= 4 is 0 Å². The largest absolute Gasteiger partial charge is 0.374 e. The van der Waals surface area contributed by atoms with Gasteiger partial charge in [-0.15, -0.1) is 0 Å².